The number of morpholine rings is 1. The summed E-state index contributed by atoms with van der Waals surface area (Å²) in [6, 6.07) is 11.2. The number of fused-ring (bicyclic) bond motifs is 1. The summed E-state index contributed by atoms with van der Waals surface area (Å²) in [6.07, 6.45) is 2.67. The van der Waals surface area contributed by atoms with E-state index in [1.807, 2.05) is 0 Å². The Kier molecular flexibility index (Phi) is 11.2. The summed E-state index contributed by atoms with van der Waals surface area (Å²) in [5.74, 6) is 1.06. The third-order valence-corrected chi connectivity index (χ3v) is 6.99. The number of guanidine groups is 1. The lowest BCUT2D eigenvalue weighted by molar-refractivity contribution is -0.0502. The van der Waals surface area contributed by atoms with Gasteiger partial charge in [0.2, 0.25) is 0 Å². The Hall–Kier alpha value is -0.940. The number of likely N-dealkylation sites (tertiary alicyclic amines) is 1. The Labute approximate surface area is 217 Å². The summed E-state index contributed by atoms with van der Waals surface area (Å²) in [6.45, 7) is 14.6. The van der Waals surface area contributed by atoms with E-state index >= 15 is 0 Å². The van der Waals surface area contributed by atoms with Gasteiger partial charge >= 0.3 is 0 Å². The van der Waals surface area contributed by atoms with Crippen LogP contribution in [0.3, 0.4) is 0 Å². The Morgan fingerprint density at radius 2 is 1.94 bits per heavy atom. The highest BCUT2D eigenvalue weighted by Gasteiger charge is 2.41. The summed E-state index contributed by atoms with van der Waals surface area (Å²) in [4.78, 5) is 15.1. The first kappa shape index (κ1) is 26.7. The predicted octanol–water partition coefficient (Wildman–Crippen LogP) is 2.18. The van der Waals surface area contributed by atoms with Gasteiger partial charge in [0, 0.05) is 52.4 Å². The number of hydrogen-bond acceptors (Lipinski definition) is 5. The van der Waals surface area contributed by atoms with Gasteiger partial charge in [-0.25, -0.2) is 0 Å². The highest BCUT2D eigenvalue weighted by Crippen LogP contribution is 2.24. The number of nitrogens with one attached hydrogen (secondary N) is 1. The summed E-state index contributed by atoms with van der Waals surface area (Å²) >= 11 is 0. The molecule has 8 heteroatoms. The van der Waals surface area contributed by atoms with E-state index < -0.39 is 0 Å². The lowest BCUT2D eigenvalue weighted by atomic mass is 10.1. The second-order valence-electron chi connectivity index (χ2n) is 9.43. The van der Waals surface area contributed by atoms with Crippen LogP contribution in [0.25, 0.3) is 0 Å². The molecule has 0 radical (unpaired) electrons. The Balaban J connectivity index is 0.00000306. The zero-order valence-corrected chi connectivity index (χ0v) is 22.8. The summed E-state index contributed by atoms with van der Waals surface area (Å²) < 4.78 is 6.18. The van der Waals surface area contributed by atoms with Crippen molar-refractivity contribution in [2.24, 2.45) is 4.99 Å². The van der Waals surface area contributed by atoms with Gasteiger partial charge in [0.1, 0.15) is 0 Å². The molecule has 0 bridgehead atoms. The molecule has 1 aromatic carbocycles. The predicted molar refractivity (Wildman–Crippen MR) is 147 cm³/mol. The molecular weight excluding hydrogens is 527 g/mol. The normalized spacial score (nSPS) is 25.4. The zero-order chi connectivity index (χ0) is 22.2. The molecular formula is C25H43IN6O. The maximum absolute atomic E-state index is 6.18. The number of benzene rings is 1. The van der Waals surface area contributed by atoms with Crippen molar-refractivity contribution in [1.82, 2.24) is 24.9 Å². The fourth-order valence-electron chi connectivity index (χ4n) is 5.17. The van der Waals surface area contributed by atoms with E-state index in [0.717, 1.165) is 64.8 Å². The van der Waals surface area contributed by atoms with Crippen molar-refractivity contribution in [3.05, 3.63) is 35.9 Å². The van der Waals surface area contributed by atoms with E-state index in [1.165, 1.54) is 38.2 Å². The molecule has 3 aliphatic heterocycles. The Bertz CT molecular complexity index is 720. The average molecular weight is 571 g/mol. The molecule has 0 aliphatic carbocycles. The van der Waals surface area contributed by atoms with E-state index in [4.69, 9.17) is 9.73 Å². The Morgan fingerprint density at radius 3 is 2.76 bits per heavy atom. The minimum absolute atomic E-state index is 0. The van der Waals surface area contributed by atoms with Crippen LogP contribution >= 0.6 is 24.0 Å². The van der Waals surface area contributed by atoms with Crippen molar-refractivity contribution in [2.75, 3.05) is 79.1 Å². The quantitative estimate of drug-likeness (QED) is 0.235. The highest BCUT2D eigenvalue weighted by atomic mass is 127. The van der Waals surface area contributed by atoms with Gasteiger partial charge in [0.05, 0.1) is 18.8 Å². The third kappa shape index (κ3) is 7.78. The maximum Gasteiger partial charge on any atom is 0.194 e. The highest BCUT2D eigenvalue weighted by molar-refractivity contribution is 14.0. The van der Waals surface area contributed by atoms with Gasteiger partial charge in [-0.3, -0.25) is 9.89 Å². The minimum atomic E-state index is 0. The summed E-state index contributed by atoms with van der Waals surface area (Å²) in [5, 5.41) is 3.53. The molecule has 3 saturated heterocycles. The van der Waals surface area contributed by atoms with Crippen LogP contribution in [0.4, 0.5) is 0 Å². The van der Waals surface area contributed by atoms with E-state index in [-0.39, 0.29) is 30.1 Å². The number of likely N-dealkylation sites (N-methyl/N-ethyl adjacent to an activating group) is 1. The van der Waals surface area contributed by atoms with Gasteiger partial charge in [0.25, 0.3) is 0 Å². The van der Waals surface area contributed by atoms with Gasteiger partial charge < -0.3 is 24.8 Å². The van der Waals surface area contributed by atoms with Crippen molar-refractivity contribution in [2.45, 2.75) is 38.5 Å². The van der Waals surface area contributed by atoms with Crippen molar-refractivity contribution in [1.29, 1.82) is 0 Å². The van der Waals surface area contributed by atoms with E-state index in [0.29, 0.717) is 6.04 Å². The molecule has 0 spiro atoms. The van der Waals surface area contributed by atoms with E-state index in [2.05, 4.69) is 69.2 Å². The van der Waals surface area contributed by atoms with Crippen molar-refractivity contribution in [3.63, 3.8) is 0 Å². The molecule has 0 saturated carbocycles. The zero-order valence-electron chi connectivity index (χ0n) is 20.5. The lowest BCUT2D eigenvalue weighted by Gasteiger charge is -2.36. The van der Waals surface area contributed by atoms with Crippen molar-refractivity contribution in [3.8, 4) is 0 Å². The fraction of sp³-hybridized carbons (Fsp3) is 0.720. The van der Waals surface area contributed by atoms with Crippen LogP contribution in [-0.2, 0) is 11.3 Å². The van der Waals surface area contributed by atoms with Crippen molar-refractivity contribution >= 4 is 29.9 Å². The second kappa shape index (κ2) is 13.8. The summed E-state index contributed by atoms with van der Waals surface area (Å²) in [7, 11) is 2.23. The molecule has 0 amide bonds. The van der Waals surface area contributed by atoms with Gasteiger partial charge in [-0.15, -0.1) is 24.0 Å². The SMILES string of the molecule is CCNC(=NCCCN1CCCN(C)CC1)N1CC2OCCN(Cc3ccccc3)C2C1.I. The van der Waals surface area contributed by atoms with Crippen LogP contribution in [-0.4, -0.2) is 117 Å². The number of rotatable bonds is 7. The van der Waals surface area contributed by atoms with Crippen LogP contribution in [0.1, 0.15) is 25.3 Å². The van der Waals surface area contributed by atoms with Crippen molar-refractivity contribution < 1.29 is 4.74 Å². The molecule has 3 fully saturated rings. The molecule has 4 rings (SSSR count). The number of halogens is 1. The molecule has 2 unspecified atom stereocenters. The van der Waals surface area contributed by atoms with Crippen LogP contribution in [0, 0.1) is 0 Å². The molecule has 0 aromatic heterocycles. The van der Waals surface area contributed by atoms with Crippen LogP contribution in [0.2, 0.25) is 0 Å². The smallest absolute Gasteiger partial charge is 0.194 e. The fourth-order valence-corrected chi connectivity index (χ4v) is 5.17. The largest absolute Gasteiger partial charge is 0.373 e. The maximum atomic E-state index is 6.18. The molecule has 2 atom stereocenters. The molecule has 7 nitrogen and oxygen atoms in total. The molecule has 1 aromatic rings. The van der Waals surface area contributed by atoms with Gasteiger partial charge in [-0.05, 0) is 52.0 Å². The third-order valence-electron chi connectivity index (χ3n) is 6.99. The lowest BCUT2D eigenvalue weighted by Crippen LogP contribution is -2.50. The standard InChI is InChI=1S/C25H42N6O.HI/c1-3-26-25(27-11-7-13-29-14-8-12-28(2)15-16-29)31-20-23-24(21-31)32-18-17-30(23)19-22-9-5-4-6-10-22;/h4-6,9-10,23-24H,3,7-8,11-21H2,1-2H3,(H,26,27);1H. The number of ether oxygens (including phenoxy) is 1. The molecule has 3 heterocycles. The first-order valence-corrected chi connectivity index (χ1v) is 12.6. The van der Waals surface area contributed by atoms with E-state index in [9.17, 15) is 0 Å². The first-order valence-electron chi connectivity index (χ1n) is 12.6. The van der Waals surface area contributed by atoms with E-state index in [1.54, 1.807) is 0 Å². The van der Waals surface area contributed by atoms with Crippen LogP contribution < -0.4 is 5.32 Å². The molecule has 3 aliphatic rings. The number of hydrogen-bond donors (Lipinski definition) is 1. The van der Waals surface area contributed by atoms with Crippen LogP contribution in [0.5, 0.6) is 0 Å². The van der Waals surface area contributed by atoms with Gasteiger partial charge in [-0.1, -0.05) is 30.3 Å². The Morgan fingerprint density at radius 1 is 1.09 bits per heavy atom. The average Bonchev–Trinajstić information content (AvgIpc) is 3.14. The summed E-state index contributed by atoms with van der Waals surface area (Å²) in [5.41, 5.74) is 1.38. The monoisotopic (exact) mass is 570 g/mol. The van der Waals surface area contributed by atoms with Gasteiger partial charge in [-0.2, -0.15) is 0 Å². The van der Waals surface area contributed by atoms with Gasteiger partial charge in [0.15, 0.2) is 5.96 Å². The molecule has 1 N–H and O–H groups in total. The first-order chi connectivity index (χ1) is 15.7. The number of nitrogens with zero attached hydrogens (tertiary/aromatic N) is 5. The van der Waals surface area contributed by atoms with Crippen LogP contribution in [0.15, 0.2) is 35.3 Å². The minimum Gasteiger partial charge on any atom is -0.373 e. The second-order valence-corrected chi connectivity index (χ2v) is 9.43. The topological polar surface area (TPSA) is 46.6 Å². The molecule has 186 valence electrons. The molecule has 33 heavy (non-hydrogen) atoms. The number of aliphatic imine (C=N–C) groups is 1.